The van der Waals surface area contributed by atoms with E-state index in [2.05, 4.69) is 64.6 Å². The minimum atomic E-state index is 1.11. The van der Waals surface area contributed by atoms with Crippen LogP contribution in [0, 0.1) is 0 Å². The SMILES string of the molecule is c1ccc(-c2cccc(-c3cccnc3)c2-c2cccnc2)cc1. The first-order chi connectivity index (χ1) is 11.9. The number of rotatable bonds is 3. The second-order valence-corrected chi connectivity index (χ2v) is 5.58. The molecule has 4 aromatic rings. The van der Waals surface area contributed by atoms with E-state index >= 15 is 0 Å². The molecule has 2 aromatic heterocycles. The van der Waals surface area contributed by atoms with Crippen molar-refractivity contribution < 1.29 is 0 Å². The minimum absolute atomic E-state index is 1.11. The molecule has 24 heavy (non-hydrogen) atoms. The van der Waals surface area contributed by atoms with E-state index in [1.165, 1.54) is 16.7 Å². The normalized spacial score (nSPS) is 10.5. The van der Waals surface area contributed by atoms with Crippen molar-refractivity contribution in [2.45, 2.75) is 0 Å². The van der Waals surface area contributed by atoms with Crippen molar-refractivity contribution >= 4 is 0 Å². The molecule has 0 aliphatic heterocycles. The largest absolute Gasteiger partial charge is 0.264 e. The van der Waals surface area contributed by atoms with E-state index in [1.807, 2.05) is 30.6 Å². The first kappa shape index (κ1) is 14.3. The Morgan fingerprint density at radius 3 is 1.67 bits per heavy atom. The van der Waals surface area contributed by atoms with Gasteiger partial charge < -0.3 is 0 Å². The van der Waals surface area contributed by atoms with Gasteiger partial charge in [-0.25, -0.2) is 0 Å². The Labute approximate surface area is 141 Å². The average Bonchev–Trinajstić information content (AvgIpc) is 2.69. The lowest BCUT2D eigenvalue weighted by molar-refractivity contribution is 1.32. The molecule has 0 saturated heterocycles. The van der Waals surface area contributed by atoms with Gasteiger partial charge in [-0.15, -0.1) is 0 Å². The van der Waals surface area contributed by atoms with Gasteiger partial charge in [-0.1, -0.05) is 60.7 Å². The first-order valence-electron chi connectivity index (χ1n) is 7.93. The molecule has 0 radical (unpaired) electrons. The Morgan fingerprint density at radius 1 is 0.458 bits per heavy atom. The number of hydrogen-bond acceptors (Lipinski definition) is 2. The standard InChI is InChI=1S/C22H16N2/c1-2-7-17(8-3-1)20-11-4-12-21(18-9-5-13-23-15-18)22(20)19-10-6-14-24-16-19/h1-16H. The maximum atomic E-state index is 4.31. The van der Waals surface area contributed by atoms with Gasteiger partial charge in [0, 0.05) is 35.9 Å². The van der Waals surface area contributed by atoms with Crippen LogP contribution in [-0.4, -0.2) is 9.97 Å². The molecule has 114 valence electrons. The molecule has 0 aliphatic carbocycles. The maximum Gasteiger partial charge on any atom is 0.0346 e. The minimum Gasteiger partial charge on any atom is -0.264 e. The molecule has 2 heterocycles. The van der Waals surface area contributed by atoms with Crippen LogP contribution in [0.2, 0.25) is 0 Å². The van der Waals surface area contributed by atoms with Crippen molar-refractivity contribution in [2.24, 2.45) is 0 Å². The summed E-state index contributed by atoms with van der Waals surface area (Å²) in [4.78, 5) is 8.60. The van der Waals surface area contributed by atoms with Crippen LogP contribution in [0.5, 0.6) is 0 Å². The molecule has 0 atom stereocenters. The topological polar surface area (TPSA) is 25.8 Å². The summed E-state index contributed by atoms with van der Waals surface area (Å²) in [7, 11) is 0. The summed E-state index contributed by atoms with van der Waals surface area (Å²) in [6, 6.07) is 25.0. The van der Waals surface area contributed by atoms with Crippen LogP contribution < -0.4 is 0 Å². The third kappa shape index (κ3) is 2.70. The zero-order valence-electron chi connectivity index (χ0n) is 13.1. The second-order valence-electron chi connectivity index (χ2n) is 5.58. The highest BCUT2D eigenvalue weighted by molar-refractivity contribution is 5.94. The van der Waals surface area contributed by atoms with Gasteiger partial charge in [-0.2, -0.15) is 0 Å². The molecule has 2 nitrogen and oxygen atoms in total. The summed E-state index contributed by atoms with van der Waals surface area (Å²) in [5, 5.41) is 0. The van der Waals surface area contributed by atoms with E-state index < -0.39 is 0 Å². The zero-order valence-corrected chi connectivity index (χ0v) is 13.1. The second kappa shape index (κ2) is 6.47. The van der Waals surface area contributed by atoms with E-state index in [4.69, 9.17) is 0 Å². The van der Waals surface area contributed by atoms with E-state index in [9.17, 15) is 0 Å². The fourth-order valence-electron chi connectivity index (χ4n) is 2.99. The predicted molar refractivity (Wildman–Crippen MR) is 98.3 cm³/mol. The molecule has 0 saturated carbocycles. The van der Waals surface area contributed by atoms with E-state index in [-0.39, 0.29) is 0 Å². The Kier molecular flexibility index (Phi) is 3.86. The smallest absolute Gasteiger partial charge is 0.0346 e. The quantitative estimate of drug-likeness (QED) is 0.501. The van der Waals surface area contributed by atoms with Crippen molar-refractivity contribution in [2.75, 3.05) is 0 Å². The summed E-state index contributed by atoms with van der Waals surface area (Å²) < 4.78 is 0. The summed E-state index contributed by atoms with van der Waals surface area (Å²) in [5.41, 5.74) is 6.96. The highest BCUT2D eigenvalue weighted by Crippen LogP contribution is 2.39. The monoisotopic (exact) mass is 308 g/mol. The molecule has 0 fully saturated rings. The van der Waals surface area contributed by atoms with Crippen LogP contribution in [0.25, 0.3) is 33.4 Å². The van der Waals surface area contributed by atoms with Crippen LogP contribution in [0.15, 0.2) is 97.6 Å². The molecule has 0 aliphatic rings. The van der Waals surface area contributed by atoms with Gasteiger partial charge in [0.2, 0.25) is 0 Å². The average molecular weight is 308 g/mol. The van der Waals surface area contributed by atoms with Gasteiger partial charge in [-0.3, -0.25) is 9.97 Å². The zero-order chi connectivity index (χ0) is 16.2. The lowest BCUT2D eigenvalue weighted by Crippen LogP contribution is -1.91. The molecule has 4 rings (SSSR count). The fourth-order valence-corrected chi connectivity index (χ4v) is 2.99. The number of hydrogen-bond donors (Lipinski definition) is 0. The van der Waals surface area contributed by atoms with Crippen molar-refractivity contribution in [3.8, 4) is 33.4 Å². The number of benzene rings is 2. The lowest BCUT2D eigenvalue weighted by atomic mass is 9.89. The van der Waals surface area contributed by atoms with E-state index in [0.29, 0.717) is 0 Å². The van der Waals surface area contributed by atoms with Gasteiger partial charge in [-0.05, 0) is 34.4 Å². The Morgan fingerprint density at radius 2 is 1.04 bits per heavy atom. The van der Waals surface area contributed by atoms with Crippen molar-refractivity contribution in [1.82, 2.24) is 9.97 Å². The molecule has 0 spiro atoms. The van der Waals surface area contributed by atoms with Crippen molar-refractivity contribution in [3.63, 3.8) is 0 Å². The molecule has 0 unspecified atom stereocenters. The Hall–Kier alpha value is -3.26. The third-order valence-corrected chi connectivity index (χ3v) is 4.07. The highest BCUT2D eigenvalue weighted by atomic mass is 14.6. The van der Waals surface area contributed by atoms with Crippen molar-refractivity contribution in [3.05, 3.63) is 97.6 Å². The van der Waals surface area contributed by atoms with Gasteiger partial charge in [0.05, 0.1) is 0 Å². The first-order valence-corrected chi connectivity index (χ1v) is 7.93. The van der Waals surface area contributed by atoms with Crippen molar-refractivity contribution in [1.29, 1.82) is 0 Å². The predicted octanol–water partition coefficient (Wildman–Crippen LogP) is 5.48. The van der Waals surface area contributed by atoms with E-state index in [1.54, 1.807) is 12.4 Å². The number of pyridine rings is 2. The molecular formula is C22H16N2. The molecule has 0 amide bonds. The van der Waals surface area contributed by atoms with Gasteiger partial charge in [0.1, 0.15) is 0 Å². The number of nitrogens with zero attached hydrogens (tertiary/aromatic N) is 2. The van der Waals surface area contributed by atoms with Crippen LogP contribution in [-0.2, 0) is 0 Å². The van der Waals surface area contributed by atoms with Crippen LogP contribution in [0.1, 0.15) is 0 Å². The molecular weight excluding hydrogens is 292 g/mol. The Balaban J connectivity index is 2.02. The highest BCUT2D eigenvalue weighted by Gasteiger charge is 2.13. The summed E-state index contributed by atoms with van der Waals surface area (Å²) >= 11 is 0. The molecule has 2 heteroatoms. The number of aromatic nitrogens is 2. The fraction of sp³-hybridized carbons (Fsp3) is 0. The van der Waals surface area contributed by atoms with Gasteiger partial charge >= 0.3 is 0 Å². The summed E-state index contributed by atoms with van der Waals surface area (Å²) in [6.07, 6.45) is 7.43. The van der Waals surface area contributed by atoms with Gasteiger partial charge in [0.15, 0.2) is 0 Å². The molecule has 2 aromatic carbocycles. The summed E-state index contributed by atoms with van der Waals surface area (Å²) in [5.74, 6) is 0. The molecule has 0 bridgehead atoms. The molecule has 0 N–H and O–H groups in total. The van der Waals surface area contributed by atoms with Gasteiger partial charge in [0.25, 0.3) is 0 Å². The van der Waals surface area contributed by atoms with Crippen LogP contribution in [0.3, 0.4) is 0 Å². The lowest BCUT2D eigenvalue weighted by Gasteiger charge is -2.15. The third-order valence-electron chi connectivity index (χ3n) is 4.07. The summed E-state index contributed by atoms with van der Waals surface area (Å²) in [6.45, 7) is 0. The Bertz CT molecular complexity index is 876. The van der Waals surface area contributed by atoms with Crippen LogP contribution >= 0.6 is 0 Å². The van der Waals surface area contributed by atoms with E-state index in [0.717, 1.165) is 16.7 Å². The van der Waals surface area contributed by atoms with Crippen LogP contribution in [0.4, 0.5) is 0 Å². The maximum absolute atomic E-state index is 4.31.